The molecule has 38 heavy (non-hydrogen) atoms. The second-order valence-electron chi connectivity index (χ2n) is 9.27. The minimum absolute atomic E-state index is 0.0182. The maximum atomic E-state index is 15.0. The summed E-state index contributed by atoms with van der Waals surface area (Å²) in [6.45, 7) is 2.42. The molecule has 0 fully saturated rings. The van der Waals surface area contributed by atoms with Crippen molar-refractivity contribution in [2.24, 2.45) is 10.7 Å². The van der Waals surface area contributed by atoms with Crippen LogP contribution < -0.4 is 5.73 Å². The highest BCUT2D eigenvalue weighted by Crippen LogP contribution is 2.43. The van der Waals surface area contributed by atoms with E-state index in [4.69, 9.17) is 5.73 Å². The zero-order valence-corrected chi connectivity index (χ0v) is 20.9. The van der Waals surface area contributed by atoms with E-state index in [1.165, 1.54) is 25.1 Å². The van der Waals surface area contributed by atoms with E-state index in [0.717, 1.165) is 31.5 Å². The number of sulfone groups is 1. The van der Waals surface area contributed by atoms with Crippen molar-refractivity contribution in [2.45, 2.75) is 36.7 Å². The highest BCUT2D eigenvalue weighted by atomic mass is 32.2. The Bertz CT molecular complexity index is 1560. The molecular formula is C25H21F5N4O3S. The standard InChI is InChI=1S/C25H21F5N4O3S/c1-23(17-9-14(3-5-18(17)27)10-20(35)19-6-4-16(26)12-33-19)13-38(36,37)24(2,22(31)34-23)21-11-15(7-8-32-21)25(28,29)30/h3-9,11-12H,10,13H2,1-2H3,(H2,31,34)/t23-,24-/m0/s1. The largest absolute Gasteiger partial charge is 0.416 e. The van der Waals surface area contributed by atoms with E-state index in [2.05, 4.69) is 15.0 Å². The van der Waals surface area contributed by atoms with Crippen LogP contribution in [0, 0.1) is 11.6 Å². The van der Waals surface area contributed by atoms with Crippen LogP contribution in [0.25, 0.3) is 0 Å². The van der Waals surface area contributed by atoms with Crippen molar-refractivity contribution in [3.63, 3.8) is 0 Å². The molecule has 1 aliphatic rings. The van der Waals surface area contributed by atoms with E-state index in [1.807, 2.05) is 0 Å². The molecule has 0 spiro atoms. The molecule has 0 radical (unpaired) electrons. The van der Waals surface area contributed by atoms with Gasteiger partial charge in [-0.3, -0.25) is 19.8 Å². The number of alkyl halides is 3. The maximum absolute atomic E-state index is 15.0. The number of aliphatic imine (C=N–C) groups is 1. The van der Waals surface area contributed by atoms with Crippen molar-refractivity contribution < 1.29 is 35.2 Å². The van der Waals surface area contributed by atoms with Gasteiger partial charge in [0.25, 0.3) is 0 Å². The number of aromatic nitrogens is 2. The maximum Gasteiger partial charge on any atom is 0.416 e. The van der Waals surface area contributed by atoms with Crippen LogP contribution in [0.15, 0.2) is 59.9 Å². The van der Waals surface area contributed by atoms with E-state index in [0.29, 0.717) is 17.7 Å². The zero-order valence-electron chi connectivity index (χ0n) is 20.1. The lowest BCUT2D eigenvalue weighted by molar-refractivity contribution is -0.137. The number of halogens is 5. The van der Waals surface area contributed by atoms with E-state index >= 15 is 4.39 Å². The van der Waals surface area contributed by atoms with Crippen LogP contribution in [0.3, 0.4) is 0 Å². The number of hydrogen-bond acceptors (Lipinski definition) is 7. The molecule has 4 rings (SSSR count). The lowest BCUT2D eigenvalue weighted by Gasteiger charge is -2.39. The minimum atomic E-state index is -4.75. The topological polar surface area (TPSA) is 115 Å². The van der Waals surface area contributed by atoms with Crippen molar-refractivity contribution in [1.29, 1.82) is 0 Å². The predicted molar refractivity (Wildman–Crippen MR) is 128 cm³/mol. The van der Waals surface area contributed by atoms with Gasteiger partial charge in [-0.05, 0) is 55.8 Å². The molecule has 3 aromatic rings. The monoisotopic (exact) mass is 552 g/mol. The normalized spacial score (nSPS) is 23.1. The molecule has 2 N–H and O–H groups in total. The van der Waals surface area contributed by atoms with E-state index in [9.17, 15) is 30.8 Å². The Kier molecular flexibility index (Phi) is 6.63. The Labute approximate surface area is 214 Å². The first-order valence-corrected chi connectivity index (χ1v) is 12.8. The number of ketones is 1. The lowest BCUT2D eigenvalue weighted by atomic mass is 9.90. The Morgan fingerprint density at radius 2 is 1.76 bits per heavy atom. The fraction of sp³-hybridized carbons (Fsp3) is 0.280. The van der Waals surface area contributed by atoms with Gasteiger partial charge in [0.1, 0.15) is 28.7 Å². The molecule has 1 aliphatic heterocycles. The van der Waals surface area contributed by atoms with Gasteiger partial charge in [0, 0.05) is 18.2 Å². The molecule has 200 valence electrons. The summed E-state index contributed by atoms with van der Waals surface area (Å²) in [6, 6.07) is 7.20. The van der Waals surface area contributed by atoms with Crippen molar-refractivity contribution in [3.05, 3.63) is 94.6 Å². The lowest BCUT2D eigenvalue weighted by Crippen LogP contribution is -2.55. The van der Waals surface area contributed by atoms with Gasteiger partial charge in [-0.1, -0.05) is 6.07 Å². The van der Waals surface area contributed by atoms with Gasteiger partial charge in [-0.15, -0.1) is 0 Å². The molecule has 0 saturated carbocycles. The molecule has 0 bridgehead atoms. The van der Waals surface area contributed by atoms with Gasteiger partial charge in [-0.25, -0.2) is 17.2 Å². The van der Waals surface area contributed by atoms with Crippen LogP contribution in [-0.2, 0) is 32.7 Å². The third kappa shape index (κ3) is 4.77. The third-order valence-corrected chi connectivity index (χ3v) is 9.12. The van der Waals surface area contributed by atoms with Gasteiger partial charge in [0.2, 0.25) is 0 Å². The van der Waals surface area contributed by atoms with Crippen LogP contribution in [0.2, 0.25) is 0 Å². The summed E-state index contributed by atoms with van der Waals surface area (Å²) in [6.07, 6.45) is -3.29. The molecule has 7 nitrogen and oxygen atoms in total. The van der Waals surface area contributed by atoms with Crippen LogP contribution in [0.5, 0.6) is 0 Å². The molecule has 0 unspecified atom stereocenters. The second kappa shape index (κ2) is 9.22. The molecule has 13 heteroatoms. The fourth-order valence-corrected chi connectivity index (χ4v) is 6.33. The smallest absolute Gasteiger partial charge is 0.386 e. The number of rotatable bonds is 5. The molecule has 2 aromatic heterocycles. The van der Waals surface area contributed by atoms with Crippen molar-refractivity contribution in [1.82, 2.24) is 9.97 Å². The fourth-order valence-electron chi connectivity index (χ4n) is 4.29. The highest BCUT2D eigenvalue weighted by Gasteiger charge is 2.54. The van der Waals surface area contributed by atoms with Gasteiger partial charge in [0.15, 0.2) is 20.4 Å². The number of Topliss-reactive ketones (excluding diaryl/α,β-unsaturated/α-hetero) is 1. The van der Waals surface area contributed by atoms with Crippen LogP contribution >= 0.6 is 0 Å². The summed E-state index contributed by atoms with van der Waals surface area (Å²) in [5.74, 6) is -3.30. The van der Waals surface area contributed by atoms with Gasteiger partial charge >= 0.3 is 6.18 Å². The SMILES string of the molecule is C[C@@]1(c2cc(CC(=O)c3ccc(F)cn3)ccc2F)CS(=O)(=O)[C@@](C)(c2cc(C(F)(F)F)ccn2)C(N)=N1. The summed E-state index contributed by atoms with van der Waals surface area (Å²) in [5, 5.41) is 0. The number of carbonyl (C=O) groups is 1. The van der Waals surface area contributed by atoms with Gasteiger partial charge in [-0.2, -0.15) is 13.2 Å². The van der Waals surface area contributed by atoms with E-state index < -0.39 is 66.6 Å². The summed E-state index contributed by atoms with van der Waals surface area (Å²) < 4.78 is 92.8. The molecular weight excluding hydrogens is 531 g/mol. The minimum Gasteiger partial charge on any atom is -0.386 e. The molecule has 0 amide bonds. The van der Waals surface area contributed by atoms with Crippen LogP contribution in [-0.4, -0.2) is 35.8 Å². The number of benzene rings is 1. The first-order valence-electron chi connectivity index (χ1n) is 11.1. The molecule has 0 saturated heterocycles. The number of nitrogens with zero attached hydrogens (tertiary/aromatic N) is 3. The molecule has 2 atom stereocenters. The summed E-state index contributed by atoms with van der Waals surface area (Å²) in [7, 11) is -4.41. The first-order chi connectivity index (χ1) is 17.6. The Morgan fingerprint density at radius 1 is 1.05 bits per heavy atom. The molecule has 3 heterocycles. The second-order valence-corrected chi connectivity index (χ2v) is 11.6. The number of amidine groups is 1. The van der Waals surface area contributed by atoms with Gasteiger partial charge in [0.05, 0.1) is 23.2 Å². The van der Waals surface area contributed by atoms with E-state index in [1.54, 1.807) is 0 Å². The van der Waals surface area contributed by atoms with Crippen LogP contribution in [0.4, 0.5) is 22.0 Å². The van der Waals surface area contributed by atoms with E-state index in [-0.39, 0.29) is 17.7 Å². The van der Waals surface area contributed by atoms with Crippen molar-refractivity contribution in [2.75, 3.05) is 5.75 Å². The average Bonchev–Trinajstić information content (AvgIpc) is 2.83. The van der Waals surface area contributed by atoms with Crippen LogP contribution in [0.1, 0.15) is 46.7 Å². The number of pyridine rings is 2. The Morgan fingerprint density at radius 3 is 2.37 bits per heavy atom. The Balaban J connectivity index is 1.75. The third-order valence-electron chi connectivity index (χ3n) is 6.51. The number of nitrogens with two attached hydrogens (primary N) is 1. The number of carbonyl (C=O) groups excluding carboxylic acids is 1. The zero-order chi connectivity index (χ0) is 28.1. The summed E-state index contributed by atoms with van der Waals surface area (Å²) in [5.41, 5.74) is 2.84. The van der Waals surface area contributed by atoms with Crippen molar-refractivity contribution >= 4 is 21.5 Å². The van der Waals surface area contributed by atoms with Gasteiger partial charge < -0.3 is 5.73 Å². The summed E-state index contributed by atoms with van der Waals surface area (Å²) >= 11 is 0. The Hall–Kier alpha value is -3.74. The quantitative estimate of drug-likeness (QED) is 0.376. The molecule has 1 aromatic carbocycles. The number of hydrogen-bond donors (Lipinski definition) is 1. The van der Waals surface area contributed by atoms with Crippen molar-refractivity contribution in [3.8, 4) is 0 Å². The summed E-state index contributed by atoms with van der Waals surface area (Å²) in [4.78, 5) is 24.4. The first kappa shape index (κ1) is 27.3. The highest BCUT2D eigenvalue weighted by molar-refractivity contribution is 7.93. The molecule has 0 aliphatic carbocycles. The average molecular weight is 553 g/mol. The predicted octanol–water partition coefficient (Wildman–Crippen LogP) is 4.12.